The number of benzene rings is 1. The molecule has 0 radical (unpaired) electrons. The standard InChI is InChI=1S/C11H15N3O2/c1-8(10(15)14-11(12)16)13-7-9-5-3-2-4-6-9/h2-6,8,13H,7H2,1H3,(H3,12,14,15,16). The molecule has 5 nitrogen and oxygen atoms in total. The first-order valence-corrected chi connectivity index (χ1v) is 4.97. The molecule has 3 amide bonds. The Morgan fingerprint density at radius 1 is 1.31 bits per heavy atom. The predicted molar refractivity (Wildman–Crippen MR) is 60.5 cm³/mol. The lowest BCUT2D eigenvalue weighted by Gasteiger charge is -2.12. The number of hydrogen-bond donors (Lipinski definition) is 3. The minimum atomic E-state index is -0.835. The molecule has 1 atom stereocenters. The Morgan fingerprint density at radius 3 is 2.50 bits per heavy atom. The maximum Gasteiger partial charge on any atom is 0.318 e. The summed E-state index contributed by atoms with van der Waals surface area (Å²) in [6.45, 7) is 2.23. The molecular weight excluding hydrogens is 206 g/mol. The van der Waals surface area contributed by atoms with Crippen LogP contribution < -0.4 is 16.4 Å². The lowest BCUT2D eigenvalue weighted by Crippen LogP contribution is -2.46. The molecule has 1 rings (SSSR count). The van der Waals surface area contributed by atoms with Crippen molar-refractivity contribution in [3.05, 3.63) is 35.9 Å². The zero-order valence-electron chi connectivity index (χ0n) is 9.07. The van der Waals surface area contributed by atoms with Gasteiger partial charge in [-0.1, -0.05) is 30.3 Å². The molecule has 1 unspecified atom stereocenters. The van der Waals surface area contributed by atoms with Gasteiger partial charge in [0.1, 0.15) is 0 Å². The normalized spacial score (nSPS) is 11.8. The summed E-state index contributed by atoms with van der Waals surface area (Å²) < 4.78 is 0. The Hall–Kier alpha value is -1.88. The quantitative estimate of drug-likeness (QED) is 0.686. The molecule has 0 aliphatic rings. The van der Waals surface area contributed by atoms with Crippen LogP contribution in [-0.2, 0) is 11.3 Å². The van der Waals surface area contributed by atoms with E-state index < -0.39 is 18.0 Å². The first kappa shape index (κ1) is 12.2. The molecule has 0 aliphatic heterocycles. The van der Waals surface area contributed by atoms with Crippen LogP contribution in [0.25, 0.3) is 0 Å². The average molecular weight is 221 g/mol. The Morgan fingerprint density at radius 2 is 1.94 bits per heavy atom. The number of nitrogens with two attached hydrogens (primary N) is 1. The van der Waals surface area contributed by atoms with Crippen molar-refractivity contribution in [3.8, 4) is 0 Å². The number of imide groups is 1. The van der Waals surface area contributed by atoms with Gasteiger partial charge in [0, 0.05) is 6.54 Å². The maximum absolute atomic E-state index is 11.3. The first-order chi connectivity index (χ1) is 7.59. The Bertz CT molecular complexity index is 365. The third kappa shape index (κ3) is 4.10. The second kappa shape index (κ2) is 5.87. The summed E-state index contributed by atoms with van der Waals surface area (Å²) in [5.41, 5.74) is 5.91. The highest BCUT2D eigenvalue weighted by molar-refractivity contribution is 5.96. The Kier molecular flexibility index (Phi) is 4.47. The van der Waals surface area contributed by atoms with E-state index in [1.165, 1.54) is 0 Å². The largest absolute Gasteiger partial charge is 0.351 e. The van der Waals surface area contributed by atoms with Crippen molar-refractivity contribution in [2.75, 3.05) is 0 Å². The fraction of sp³-hybridized carbons (Fsp3) is 0.273. The molecule has 0 aliphatic carbocycles. The molecule has 0 fully saturated rings. The average Bonchev–Trinajstić information content (AvgIpc) is 2.26. The van der Waals surface area contributed by atoms with Crippen LogP contribution >= 0.6 is 0 Å². The number of hydrogen-bond acceptors (Lipinski definition) is 3. The van der Waals surface area contributed by atoms with E-state index in [-0.39, 0.29) is 0 Å². The second-order valence-electron chi connectivity index (χ2n) is 3.44. The molecule has 0 saturated heterocycles. The summed E-state index contributed by atoms with van der Waals surface area (Å²) in [6.07, 6.45) is 0. The van der Waals surface area contributed by atoms with Crippen LogP contribution in [0, 0.1) is 0 Å². The highest BCUT2D eigenvalue weighted by Gasteiger charge is 2.13. The number of amides is 3. The molecule has 0 spiro atoms. The fourth-order valence-corrected chi connectivity index (χ4v) is 1.19. The summed E-state index contributed by atoms with van der Waals surface area (Å²) in [4.78, 5) is 21.8. The molecule has 5 heteroatoms. The summed E-state index contributed by atoms with van der Waals surface area (Å²) in [6, 6.07) is 8.37. The van der Waals surface area contributed by atoms with E-state index in [9.17, 15) is 9.59 Å². The van der Waals surface area contributed by atoms with Crippen molar-refractivity contribution in [2.45, 2.75) is 19.5 Å². The van der Waals surface area contributed by atoms with Crippen LogP contribution in [0.2, 0.25) is 0 Å². The maximum atomic E-state index is 11.3. The Balaban J connectivity index is 2.38. The molecule has 1 aromatic rings. The van der Waals surface area contributed by atoms with Gasteiger partial charge < -0.3 is 11.1 Å². The van der Waals surface area contributed by atoms with Gasteiger partial charge in [-0.3, -0.25) is 10.1 Å². The van der Waals surface area contributed by atoms with Gasteiger partial charge in [0.15, 0.2) is 0 Å². The van der Waals surface area contributed by atoms with Crippen LogP contribution in [0.15, 0.2) is 30.3 Å². The van der Waals surface area contributed by atoms with Gasteiger partial charge in [-0.15, -0.1) is 0 Å². The lowest BCUT2D eigenvalue weighted by molar-refractivity contribution is -0.121. The number of rotatable bonds is 4. The van der Waals surface area contributed by atoms with Gasteiger partial charge >= 0.3 is 6.03 Å². The van der Waals surface area contributed by atoms with Gasteiger partial charge in [-0.05, 0) is 12.5 Å². The second-order valence-corrected chi connectivity index (χ2v) is 3.44. The van der Waals surface area contributed by atoms with E-state index in [0.29, 0.717) is 6.54 Å². The molecule has 4 N–H and O–H groups in total. The minimum absolute atomic E-state index is 0.427. The zero-order valence-corrected chi connectivity index (χ0v) is 9.07. The monoisotopic (exact) mass is 221 g/mol. The van der Waals surface area contributed by atoms with Crippen LogP contribution in [-0.4, -0.2) is 18.0 Å². The van der Waals surface area contributed by atoms with E-state index in [1.54, 1.807) is 6.92 Å². The molecule has 0 saturated carbocycles. The van der Waals surface area contributed by atoms with E-state index in [2.05, 4.69) is 5.32 Å². The lowest BCUT2D eigenvalue weighted by atomic mass is 10.2. The van der Waals surface area contributed by atoms with Crippen molar-refractivity contribution in [2.24, 2.45) is 5.73 Å². The topological polar surface area (TPSA) is 84.2 Å². The number of primary amides is 1. The van der Waals surface area contributed by atoms with Gasteiger partial charge in [-0.2, -0.15) is 0 Å². The number of carbonyl (C=O) groups is 2. The summed E-state index contributed by atoms with van der Waals surface area (Å²) in [5.74, 6) is -0.427. The SMILES string of the molecule is CC(NCc1ccccc1)C(=O)NC(N)=O. The van der Waals surface area contributed by atoms with Crippen molar-refractivity contribution in [1.82, 2.24) is 10.6 Å². The third-order valence-corrected chi connectivity index (χ3v) is 2.09. The summed E-state index contributed by atoms with van der Waals surface area (Å²) >= 11 is 0. The van der Waals surface area contributed by atoms with E-state index in [1.807, 2.05) is 35.6 Å². The zero-order chi connectivity index (χ0) is 12.0. The van der Waals surface area contributed by atoms with Crippen LogP contribution in [0.5, 0.6) is 0 Å². The molecule has 1 aromatic carbocycles. The molecule has 16 heavy (non-hydrogen) atoms. The fourth-order valence-electron chi connectivity index (χ4n) is 1.19. The van der Waals surface area contributed by atoms with Crippen molar-refractivity contribution in [1.29, 1.82) is 0 Å². The van der Waals surface area contributed by atoms with Crippen molar-refractivity contribution >= 4 is 11.9 Å². The van der Waals surface area contributed by atoms with Gasteiger partial charge in [0.2, 0.25) is 5.91 Å². The number of nitrogens with one attached hydrogen (secondary N) is 2. The molecule has 0 bridgehead atoms. The van der Waals surface area contributed by atoms with E-state index >= 15 is 0 Å². The van der Waals surface area contributed by atoms with Crippen LogP contribution in [0.4, 0.5) is 4.79 Å². The van der Waals surface area contributed by atoms with Crippen LogP contribution in [0.1, 0.15) is 12.5 Å². The smallest absolute Gasteiger partial charge is 0.318 e. The van der Waals surface area contributed by atoms with Gasteiger partial charge in [0.05, 0.1) is 6.04 Å². The number of urea groups is 1. The summed E-state index contributed by atoms with van der Waals surface area (Å²) in [5, 5.41) is 5.00. The molecule has 0 heterocycles. The van der Waals surface area contributed by atoms with Crippen molar-refractivity contribution < 1.29 is 9.59 Å². The predicted octanol–water partition coefficient (Wildman–Crippen LogP) is 0.360. The van der Waals surface area contributed by atoms with Gasteiger partial charge in [-0.25, -0.2) is 4.79 Å². The number of carbonyl (C=O) groups excluding carboxylic acids is 2. The third-order valence-electron chi connectivity index (χ3n) is 2.09. The molecule has 0 aromatic heterocycles. The highest BCUT2D eigenvalue weighted by Crippen LogP contribution is 1.98. The minimum Gasteiger partial charge on any atom is -0.351 e. The summed E-state index contributed by atoms with van der Waals surface area (Å²) in [7, 11) is 0. The van der Waals surface area contributed by atoms with E-state index in [4.69, 9.17) is 5.73 Å². The molecular formula is C11H15N3O2. The Labute approximate surface area is 94.0 Å². The first-order valence-electron chi connectivity index (χ1n) is 4.97. The van der Waals surface area contributed by atoms with Gasteiger partial charge in [0.25, 0.3) is 0 Å². The van der Waals surface area contributed by atoms with Crippen molar-refractivity contribution in [3.63, 3.8) is 0 Å². The highest BCUT2D eigenvalue weighted by atomic mass is 16.2. The molecule has 86 valence electrons. The van der Waals surface area contributed by atoms with Crippen LogP contribution in [0.3, 0.4) is 0 Å². The van der Waals surface area contributed by atoms with E-state index in [0.717, 1.165) is 5.56 Å².